The Morgan fingerprint density at radius 2 is 1.62 bits per heavy atom. The summed E-state index contributed by atoms with van der Waals surface area (Å²) in [4.78, 5) is 36.2. The van der Waals surface area contributed by atoms with Gasteiger partial charge in [0.1, 0.15) is 18.6 Å². The van der Waals surface area contributed by atoms with Crippen LogP contribution in [0, 0.1) is 33.5 Å². The van der Waals surface area contributed by atoms with Crippen molar-refractivity contribution in [1.29, 1.82) is 0 Å². The van der Waals surface area contributed by atoms with E-state index in [2.05, 4.69) is 32.4 Å². The van der Waals surface area contributed by atoms with Crippen molar-refractivity contribution in [3.05, 3.63) is 0 Å². The van der Waals surface area contributed by atoms with Crippen LogP contribution in [0.4, 0.5) is 0 Å². The number of fused-ring (bicyclic) bond motifs is 2. The highest BCUT2D eigenvalue weighted by atomic mass is 16.6. The second-order valence-electron chi connectivity index (χ2n) is 12.3. The Labute approximate surface area is 192 Å². The van der Waals surface area contributed by atoms with E-state index in [9.17, 15) is 14.4 Å². The highest BCUT2D eigenvalue weighted by Crippen LogP contribution is 2.76. The Morgan fingerprint density at radius 3 is 2.28 bits per heavy atom. The summed E-state index contributed by atoms with van der Waals surface area (Å²) in [6, 6.07) is 0. The Bertz CT molecular complexity index is 804. The molecule has 4 aliphatic rings. The van der Waals surface area contributed by atoms with Crippen molar-refractivity contribution in [3.63, 3.8) is 0 Å². The predicted octanol–water partition coefficient (Wildman–Crippen LogP) is 4.83. The first-order chi connectivity index (χ1) is 14.9. The lowest BCUT2D eigenvalue weighted by atomic mass is 9.37. The van der Waals surface area contributed by atoms with Gasteiger partial charge in [0.2, 0.25) is 0 Å². The molecule has 0 radical (unpaired) electrons. The number of ether oxygens (including phenoxy) is 3. The van der Waals surface area contributed by atoms with E-state index in [1.54, 1.807) is 0 Å². The van der Waals surface area contributed by atoms with Crippen molar-refractivity contribution in [3.8, 4) is 0 Å². The van der Waals surface area contributed by atoms with E-state index < -0.39 is 11.9 Å². The Kier molecular flexibility index (Phi) is 5.69. The SMILES string of the molecule is COC(=O)CC(=O)O[C@@H]1C[C@@H]2[C@@H](OC(C)=O)C[C@H]3C(C)(C)CCC[C@]3(C)[C@]23CCC1(C)C3. The summed E-state index contributed by atoms with van der Waals surface area (Å²) in [7, 11) is 1.28. The quantitative estimate of drug-likeness (QED) is 0.348. The van der Waals surface area contributed by atoms with E-state index in [0.29, 0.717) is 12.3 Å². The molecule has 0 amide bonds. The van der Waals surface area contributed by atoms with Crippen LogP contribution in [0.1, 0.15) is 92.4 Å². The molecule has 4 saturated carbocycles. The molecule has 4 rings (SSSR count). The molecule has 0 saturated heterocycles. The van der Waals surface area contributed by atoms with Crippen molar-refractivity contribution >= 4 is 17.9 Å². The van der Waals surface area contributed by atoms with E-state index in [0.717, 1.165) is 25.7 Å². The van der Waals surface area contributed by atoms with Gasteiger partial charge in [0, 0.05) is 18.3 Å². The molecule has 1 unspecified atom stereocenters. The molecular formula is C26H40O6. The summed E-state index contributed by atoms with van der Waals surface area (Å²) >= 11 is 0. The molecule has 0 aromatic carbocycles. The third-order valence-electron chi connectivity index (χ3n) is 10.2. The molecule has 4 aliphatic carbocycles. The standard InChI is InChI=1S/C26H40O6/c1-16(27)31-18-13-19-23(2,3)8-7-9-25(19,5)26-11-10-24(4,15-26)20(12-17(18)26)32-22(29)14-21(28)30-6/h17-20H,7-15H2,1-6H3/t17-,18+,19+,20-,24?,25+,26+/m1/s1. The van der Waals surface area contributed by atoms with Gasteiger partial charge in [-0.1, -0.05) is 34.1 Å². The normalized spacial score (nSPS) is 44.1. The number of hydrogen-bond acceptors (Lipinski definition) is 6. The van der Waals surface area contributed by atoms with E-state index in [4.69, 9.17) is 9.47 Å². The van der Waals surface area contributed by atoms with Gasteiger partial charge in [-0.05, 0) is 67.1 Å². The molecule has 6 heteroatoms. The first kappa shape index (κ1) is 23.6. The van der Waals surface area contributed by atoms with Crippen LogP contribution in [0.25, 0.3) is 0 Å². The molecule has 0 heterocycles. The van der Waals surface area contributed by atoms with E-state index >= 15 is 0 Å². The highest BCUT2D eigenvalue weighted by molar-refractivity contribution is 5.91. The van der Waals surface area contributed by atoms with Crippen molar-refractivity contribution in [2.24, 2.45) is 33.5 Å². The number of rotatable bonds is 4. The van der Waals surface area contributed by atoms with Gasteiger partial charge >= 0.3 is 17.9 Å². The fourth-order valence-electron chi connectivity index (χ4n) is 8.77. The average Bonchev–Trinajstić information content (AvgIpc) is 3.00. The minimum Gasteiger partial charge on any atom is -0.469 e. The molecule has 0 aliphatic heterocycles. The van der Waals surface area contributed by atoms with Crippen molar-refractivity contribution in [2.45, 2.75) is 105 Å². The summed E-state index contributed by atoms with van der Waals surface area (Å²) < 4.78 is 16.6. The molecule has 4 fully saturated rings. The molecule has 0 aromatic rings. The van der Waals surface area contributed by atoms with Gasteiger partial charge < -0.3 is 14.2 Å². The van der Waals surface area contributed by atoms with Crippen LogP contribution < -0.4 is 0 Å². The predicted molar refractivity (Wildman–Crippen MR) is 118 cm³/mol. The Hall–Kier alpha value is -1.59. The van der Waals surface area contributed by atoms with Crippen LogP contribution in [-0.4, -0.2) is 37.2 Å². The van der Waals surface area contributed by atoms with Gasteiger partial charge in [-0.2, -0.15) is 0 Å². The van der Waals surface area contributed by atoms with Crippen molar-refractivity contribution in [2.75, 3.05) is 7.11 Å². The van der Waals surface area contributed by atoms with Crippen molar-refractivity contribution in [1.82, 2.24) is 0 Å². The topological polar surface area (TPSA) is 78.9 Å². The molecule has 6 nitrogen and oxygen atoms in total. The van der Waals surface area contributed by atoms with Gasteiger partial charge in [0.25, 0.3) is 0 Å². The van der Waals surface area contributed by atoms with Gasteiger partial charge in [0.15, 0.2) is 0 Å². The zero-order chi connectivity index (χ0) is 23.5. The lowest BCUT2D eigenvalue weighted by Crippen LogP contribution is -2.64. The van der Waals surface area contributed by atoms with Crippen LogP contribution in [-0.2, 0) is 28.6 Å². The maximum absolute atomic E-state index is 12.5. The lowest BCUT2D eigenvalue weighted by molar-refractivity contribution is -0.235. The lowest BCUT2D eigenvalue weighted by Gasteiger charge is -2.68. The van der Waals surface area contributed by atoms with Gasteiger partial charge in [-0.3, -0.25) is 14.4 Å². The second-order valence-corrected chi connectivity index (χ2v) is 12.3. The zero-order valence-corrected chi connectivity index (χ0v) is 20.6. The summed E-state index contributed by atoms with van der Waals surface area (Å²) in [5, 5.41) is 0. The molecule has 0 N–H and O–H groups in total. The molecule has 1 spiro atoms. The Morgan fingerprint density at radius 1 is 0.906 bits per heavy atom. The van der Waals surface area contributed by atoms with Crippen molar-refractivity contribution < 1.29 is 28.6 Å². The number of carbonyl (C=O) groups is 3. The fourth-order valence-corrected chi connectivity index (χ4v) is 8.77. The molecule has 32 heavy (non-hydrogen) atoms. The fraction of sp³-hybridized carbons (Fsp3) is 0.885. The summed E-state index contributed by atoms with van der Waals surface area (Å²) in [5.41, 5.74) is 0.381. The first-order valence-electron chi connectivity index (χ1n) is 12.3. The second kappa shape index (κ2) is 7.73. The van der Waals surface area contributed by atoms with E-state index in [1.807, 2.05) is 0 Å². The summed E-state index contributed by atoms with van der Waals surface area (Å²) in [5.74, 6) is -0.650. The summed E-state index contributed by atoms with van der Waals surface area (Å²) in [6.45, 7) is 11.0. The molecular weight excluding hydrogens is 408 g/mol. The van der Waals surface area contributed by atoms with Gasteiger partial charge in [-0.25, -0.2) is 0 Å². The maximum atomic E-state index is 12.5. The number of hydrogen-bond donors (Lipinski definition) is 0. The average molecular weight is 449 g/mol. The molecule has 7 atom stereocenters. The maximum Gasteiger partial charge on any atom is 0.317 e. The number of esters is 3. The zero-order valence-electron chi connectivity index (χ0n) is 20.6. The van der Waals surface area contributed by atoms with Gasteiger partial charge in [-0.15, -0.1) is 0 Å². The number of methoxy groups -OCH3 is 1. The summed E-state index contributed by atoms with van der Waals surface area (Å²) in [6.07, 6.45) is 7.54. The third kappa shape index (κ3) is 3.47. The van der Waals surface area contributed by atoms with Crippen LogP contribution in [0.5, 0.6) is 0 Å². The molecule has 0 aromatic heterocycles. The first-order valence-corrected chi connectivity index (χ1v) is 12.3. The van der Waals surface area contributed by atoms with Crippen LogP contribution in [0.2, 0.25) is 0 Å². The van der Waals surface area contributed by atoms with Crippen LogP contribution in [0.15, 0.2) is 0 Å². The molecule has 180 valence electrons. The number of carbonyl (C=O) groups excluding carboxylic acids is 3. The third-order valence-corrected chi connectivity index (χ3v) is 10.2. The van der Waals surface area contributed by atoms with E-state index in [1.165, 1.54) is 33.3 Å². The largest absolute Gasteiger partial charge is 0.469 e. The molecule has 2 bridgehead atoms. The highest BCUT2D eigenvalue weighted by Gasteiger charge is 2.72. The van der Waals surface area contributed by atoms with Gasteiger partial charge in [0.05, 0.1) is 7.11 Å². The van der Waals surface area contributed by atoms with Crippen LogP contribution in [0.3, 0.4) is 0 Å². The minimum atomic E-state index is -0.577. The minimum absolute atomic E-state index is 0.0910. The monoisotopic (exact) mass is 448 g/mol. The Balaban J connectivity index is 1.69. The van der Waals surface area contributed by atoms with Crippen LogP contribution >= 0.6 is 0 Å². The smallest absolute Gasteiger partial charge is 0.317 e. The van der Waals surface area contributed by atoms with E-state index in [-0.39, 0.29) is 52.2 Å².